The number of amides is 1. The molecular weight excluding hydrogens is 290 g/mol. The monoisotopic (exact) mass is 319 g/mol. The average molecular weight is 319 g/mol. The Balaban J connectivity index is 1.49. The van der Waals surface area contributed by atoms with E-state index in [0.29, 0.717) is 18.6 Å². The number of aryl methyl sites for hydroxylation is 1. The lowest BCUT2D eigenvalue weighted by molar-refractivity contribution is -0.123. The molecular formula is C17H29N5O. The number of hydrogen-bond donors (Lipinski definition) is 1. The van der Waals surface area contributed by atoms with Crippen molar-refractivity contribution in [1.82, 2.24) is 24.9 Å². The van der Waals surface area contributed by atoms with Crippen LogP contribution >= 0.6 is 0 Å². The molecule has 0 unspecified atom stereocenters. The Kier molecular flexibility index (Phi) is 5.33. The minimum absolute atomic E-state index is 0.177. The first-order valence-electron chi connectivity index (χ1n) is 8.90. The number of piperidine rings is 1. The zero-order valence-corrected chi connectivity index (χ0v) is 14.4. The summed E-state index contributed by atoms with van der Waals surface area (Å²) in [5, 5.41) is 7.51. The van der Waals surface area contributed by atoms with Crippen molar-refractivity contribution < 1.29 is 4.79 Å². The number of rotatable bonds is 5. The van der Waals surface area contributed by atoms with E-state index in [0.717, 1.165) is 51.9 Å². The first kappa shape index (κ1) is 16.5. The smallest absolute Gasteiger partial charge is 0.234 e. The molecule has 3 heterocycles. The Labute approximate surface area is 138 Å². The third-order valence-electron chi connectivity index (χ3n) is 5.22. The standard InChI is InChI=1S/C17H29N5O/c1-3-21-9-6-15(7-10-21)19-17(23)13-22-8-4-5-16(22)14-11-18-20(2)12-14/h11-12,15-16H,3-10,13H2,1-2H3,(H,19,23)/t16-/m1/s1. The Morgan fingerprint density at radius 2 is 2.09 bits per heavy atom. The first-order valence-corrected chi connectivity index (χ1v) is 8.90. The second kappa shape index (κ2) is 7.45. The number of aromatic nitrogens is 2. The third-order valence-corrected chi connectivity index (χ3v) is 5.22. The summed E-state index contributed by atoms with van der Waals surface area (Å²) in [5.41, 5.74) is 1.23. The van der Waals surface area contributed by atoms with Gasteiger partial charge in [-0.05, 0) is 38.8 Å². The van der Waals surface area contributed by atoms with E-state index >= 15 is 0 Å². The zero-order chi connectivity index (χ0) is 16.2. The van der Waals surface area contributed by atoms with Crippen LogP contribution in [0.2, 0.25) is 0 Å². The number of nitrogens with one attached hydrogen (secondary N) is 1. The summed E-state index contributed by atoms with van der Waals surface area (Å²) in [6.07, 6.45) is 8.43. The van der Waals surface area contributed by atoms with Gasteiger partial charge in [-0.3, -0.25) is 14.4 Å². The van der Waals surface area contributed by atoms with Gasteiger partial charge in [0, 0.05) is 44.0 Å². The van der Waals surface area contributed by atoms with Gasteiger partial charge in [0.05, 0.1) is 12.7 Å². The fraction of sp³-hybridized carbons (Fsp3) is 0.765. The van der Waals surface area contributed by atoms with Crippen molar-refractivity contribution in [3.63, 3.8) is 0 Å². The molecule has 2 aliphatic rings. The lowest BCUT2D eigenvalue weighted by Gasteiger charge is -2.32. The predicted octanol–water partition coefficient (Wildman–Crippen LogP) is 1.16. The van der Waals surface area contributed by atoms with Crippen LogP contribution in [-0.2, 0) is 11.8 Å². The van der Waals surface area contributed by atoms with Crippen molar-refractivity contribution in [3.05, 3.63) is 18.0 Å². The highest BCUT2D eigenvalue weighted by Crippen LogP contribution is 2.31. The summed E-state index contributed by atoms with van der Waals surface area (Å²) in [6.45, 7) is 7.02. The second-order valence-electron chi connectivity index (χ2n) is 6.85. The molecule has 0 aliphatic carbocycles. The summed E-state index contributed by atoms with van der Waals surface area (Å²) in [4.78, 5) is 17.2. The van der Waals surface area contributed by atoms with Gasteiger partial charge in [0.25, 0.3) is 0 Å². The SMILES string of the molecule is CCN1CCC(NC(=O)CN2CCC[C@@H]2c2cnn(C)c2)CC1. The van der Waals surface area contributed by atoms with E-state index in [1.165, 1.54) is 5.56 Å². The highest BCUT2D eigenvalue weighted by Gasteiger charge is 2.29. The molecule has 6 heteroatoms. The summed E-state index contributed by atoms with van der Waals surface area (Å²) >= 11 is 0. The van der Waals surface area contributed by atoms with Crippen LogP contribution in [0.25, 0.3) is 0 Å². The van der Waals surface area contributed by atoms with Crippen LogP contribution in [0.5, 0.6) is 0 Å². The van der Waals surface area contributed by atoms with Crippen molar-refractivity contribution in [3.8, 4) is 0 Å². The number of carbonyl (C=O) groups is 1. The van der Waals surface area contributed by atoms with E-state index in [-0.39, 0.29) is 5.91 Å². The van der Waals surface area contributed by atoms with Gasteiger partial charge in [0.15, 0.2) is 0 Å². The molecule has 0 radical (unpaired) electrons. The van der Waals surface area contributed by atoms with Crippen LogP contribution in [0.15, 0.2) is 12.4 Å². The van der Waals surface area contributed by atoms with E-state index in [9.17, 15) is 4.79 Å². The molecule has 1 amide bonds. The van der Waals surface area contributed by atoms with Gasteiger partial charge < -0.3 is 10.2 Å². The van der Waals surface area contributed by atoms with Gasteiger partial charge in [0.2, 0.25) is 5.91 Å². The average Bonchev–Trinajstić information content (AvgIpc) is 3.16. The van der Waals surface area contributed by atoms with E-state index < -0.39 is 0 Å². The molecule has 1 aromatic rings. The summed E-state index contributed by atoms with van der Waals surface area (Å²) in [5.74, 6) is 0.177. The van der Waals surface area contributed by atoms with Crippen molar-refractivity contribution in [1.29, 1.82) is 0 Å². The fourth-order valence-corrected chi connectivity index (χ4v) is 3.86. The van der Waals surface area contributed by atoms with Crippen LogP contribution in [0.1, 0.15) is 44.2 Å². The number of carbonyl (C=O) groups excluding carboxylic acids is 1. The topological polar surface area (TPSA) is 53.4 Å². The maximum atomic E-state index is 12.4. The quantitative estimate of drug-likeness (QED) is 0.885. The fourth-order valence-electron chi connectivity index (χ4n) is 3.86. The molecule has 2 fully saturated rings. The maximum absolute atomic E-state index is 12.4. The molecule has 0 bridgehead atoms. The Morgan fingerprint density at radius 3 is 2.74 bits per heavy atom. The molecule has 1 N–H and O–H groups in total. The van der Waals surface area contributed by atoms with Crippen LogP contribution in [0, 0.1) is 0 Å². The molecule has 128 valence electrons. The van der Waals surface area contributed by atoms with Gasteiger partial charge in [-0.1, -0.05) is 6.92 Å². The molecule has 1 aromatic heterocycles. The van der Waals surface area contributed by atoms with Crippen LogP contribution < -0.4 is 5.32 Å². The molecule has 23 heavy (non-hydrogen) atoms. The molecule has 0 spiro atoms. The van der Waals surface area contributed by atoms with Gasteiger partial charge >= 0.3 is 0 Å². The maximum Gasteiger partial charge on any atom is 0.234 e. The molecule has 2 saturated heterocycles. The van der Waals surface area contributed by atoms with Crippen LogP contribution in [0.3, 0.4) is 0 Å². The minimum atomic E-state index is 0.177. The molecule has 6 nitrogen and oxygen atoms in total. The number of likely N-dealkylation sites (tertiary alicyclic amines) is 2. The summed E-state index contributed by atoms with van der Waals surface area (Å²) in [7, 11) is 1.94. The molecule has 0 saturated carbocycles. The molecule has 2 aliphatic heterocycles. The zero-order valence-electron chi connectivity index (χ0n) is 14.4. The molecule has 1 atom stereocenters. The van der Waals surface area contributed by atoms with E-state index in [1.54, 1.807) is 0 Å². The van der Waals surface area contributed by atoms with Crippen LogP contribution in [-0.4, -0.2) is 64.3 Å². The molecule has 0 aromatic carbocycles. The molecule has 3 rings (SSSR count). The Hall–Kier alpha value is -1.40. The lowest BCUT2D eigenvalue weighted by atomic mass is 10.1. The number of hydrogen-bond acceptors (Lipinski definition) is 4. The van der Waals surface area contributed by atoms with Crippen molar-refractivity contribution >= 4 is 5.91 Å². The van der Waals surface area contributed by atoms with E-state index in [2.05, 4.69) is 33.3 Å². The van der Waals surface area contributed by atoms with Crippen molar-refractivity contribution in [2.75, 3.05) is 32.7 Å². The van der Waals surface area contributed by atoms with E-state index in [4.69, 9.17) is 0 Å². The Morgan fingerprint density at radius 1 is 1.30 bits per heavy atom. The van der Waals surface area contributed by atoms with E-state index in [1.807, 2.05) is 17.9 Å². The van der Waals surface area contributed by atoms with Crippen molar-refractivity contribution in [2.24, 2.45) is 7.05 Å². The summed E-state index contributed by atoms with van der Waals surface area (Å²) in [6, 6.07) is 0.695. The predicted molar refractivity (Wildman–Crippen MR) is 90.0 cm³/mol. The highest BCUT2D eigenvalue weighted by atomic mass is 16.2. The van der Waals surface area contributed by atoms with Crippen molar-refractivity contribution in [2.45, 2.75) is 44.7 Å². The van der Waals surface area contributed by atoms with Gasteiger partial charge in [-0.2, -0.15) is 5.10 Å². The van der Waals surface area contributed by atoms with Gasteiger partial charge in [0.1, 0.15) is 0 Å². The Bertz CT molecular complexity index is 521. The largest absolute Gasteiger partial charge is 0.352 e. The summed E-state index contributed by atoms with van der Waals surface area (Å²) < 4.78 is 1.84. The number of nitrogens with zero attached hydrogens (tertiary/aromatic N) is 4. The van der Waals surface area contributed by atoms with Gasteiger partial charge in [-0.15, -0.1) is 0 Å². The second-order valence-corrected chi connectivity index (χ2v) is 6.85. The first-order chi connectivity index (χ1) is 11.2. The van der Waals surface area contributed by atoms with Gasteiger partial charge in [-0.25, -0.2) is 0 Å². The lowest BCUT2D eigenvalue weighted by Crippen LogP contribution is -2.47. The minimum Gasteiger partial charge on any atom is -0.352 e. The highest BCUT2D eigenvalue weighted by molar-refractivity contribution is 5.78. The third kappa shape index (κ3) is 4.12. The van der Waals surface area contributed by atoms with Crippen LogP contribution in [0.4, 0.5) is 0 Å². The normalized spacial score (nSPS) is 24.2.